The van der Waals surface area contributed by atoms with E-state index < -0.39 is 11.9 Å². The van der Waals surface area contributed by atoms with Gasteiger partial charge in [0.2, 0.25) is 0 Å². The normalized spacial score (nSPS) is 11.0. The third-order valence-corrected chi connectivity index (χ3v) is 6.06. The van der Waals surface area contributed by atoms with E-state index in [-0.39, 0.29) is 47.2 Å². The second kappa shape index (κ2) is 13.0. The van der Waals surface area contributed by atoms with Crippen molar-refractivity contribution < 1.29 is 38.8 Å². The zero-order valence-corrected chi connectivity index (χ0v) is 22.0. The monoisotopic (exact) mass is 566 g/mol. The van der Waals surface area contributed by atoms with Crippen LogP contribution in [0.15, 0.2) is 63.8 Å². The Hall–Kier alpha value is -4.52. The number of carboxylic acids is 2. The van der Waals surface area contributed by atoms with Gasteiger partial charge in [-0.05, 0) is 54.2 Å². The highest BCUT2D eigenvalue weighted by molar-refractivity contribution is 7.80. The molecule has 0 fully saturated rings. The van der Waals surface area contributed by atoms with Crippen LogP contribution in [0.1, 0.15) is 16.8 Å². The molecule has 208 valence electrons. The first-order valence-electron chi connectivity index (χ1n) is 12.2. The molecule has 1 heterocycles. The fourth-order valence-corrected chi connectivity index (χ4v) is 4.28. The van der Waals surface area contributed by atoms with E-state index in [0.29, 0.717) is 53.1 Å². The predicted molar refractivity (Wildman–Crippen MR) is 151 cm³/mol. The van der Waals surface area contributed by atoms with Gasteiger partial charge in [-0.15, -0.1) is 0 Å². The van der Waals surface area contributed by atoms with Gasteiger partial charge >= 0.3 is 11.9 Å². The van der Waals surface area contributed by atoms with Gasteiger partial charge < -0.3 is 39.8 Å². The van der Waals surface area contributed by atoms with Gasteiger partial charge in [-0.25, -0.2) is 4.79 Å². The number of carboxylic acid groups (broad SMARTS) is 2. The lowest BCUT2D eigenvalue weighted by Crippen LogP contribution is -2.31. The molecule has 2 aliphatic rings. The summed E-state index contributed by atoms with van der Waals surface area (Å²) in [4.78, 5) is 34.7. The Bertz CT molecular complexity index is 1580. The Morgan fingerprint density at radius 2 is 1.65 bits per heavy atom. The number of aromatic carboxylic acids is 1. The number of anilines is 1. The maximum absolute atomic E-state index is 12.3. The largest absolute Gasteiger partial charge is 0.508 e. The van der Waals surface area contributed by atoms with Gasteiger partial charge in [0.05, 0.1) is 38.4 Å². The van der Waals surface area contributed by atoms with Crippen molar-refractivity contribution in [3.05, 3.63) is 70.4 Å². The number of benzene rings is 3. The van der Waals surface area contributed by atoms with Crippen LogP contribution in [0.4, 0.5) is 5.69 Å². The highest BCUT2D eigenvalue weighted by Gasteiger charge is 2.22. The van der Waals surface area contributed by atoms with Gasteiger partial charge in [-0.2, -0.15) is 0 Å². The van der Waals surface area contributed by atoms with E-state index in [0.717, 1.165) is 0 Å². The minimum absolute atomic E-state index is 0.00731. The molecule has 40 heavy (non-hydrogen) atoms. The minimum Gasteiger partial charge on any atom is -0.508 e. The summed E-state index contributed by atoms with van der Waals surface area (Å²) < 4.78 is 16.4. The van der Waals surface area contributed by atoms with Gasteiger partial charge in [-0.1, -0.05) is 6.07 Å². The van der Waals surface area contributed by atoms with Crippen molar-refractivity contribution in [3.8, 4) is 28.2 Å². The second-order valence-electron chi connectivity index (χ2n) is 8.63. The zero-order chi connectivity index (χ0) is 28.6. The van der Waals surface area contributed by atoms with Crippen LogP contribution in [-0.4, -0.2) is 65.3 Å². The Morgan fingerprint density at radius 3 is 2.40 bits per heavy atom. The van der Waals surface area contributed by atoms with Crippen molar-refractivity contribution in [3.63, 3.8) is 0 Å². The minimum atomic E-state index is -1.17. The molecule has 2 aromatic rings. The summed E-state index contributed by atoms with van der Waals surface area (Å²) in [6.45, 7) is 1.41. The molecule has 11 nitrogen and oxygen atoms in total. The van der Waals surface area contributed by atoms with Crippen LogP contribution in [0.3, 0.4) is 0 Å². The Labute approximate surface area is 233 Å². The van der Waals surface area contributed by atoms with E-state index in [2.05, 4.69) is 10.6 Å². The number of phenolic OH excluding ortho intramolecular Hbond substituents is 1. The first-order chi connectivity index (χ1) is 19.2. The average Bonchev–Trinajstić information content (AvgIpc) is 2.90. The van der Waals surface area contributed by atoms with Crippen LogP contribution in [-0.2, 0) is 14.3 Å². The van der Waals surface area contributed by atoms with Crippen LogP contribution >= 0.6 is 12.2 Å². The maximum Gasteiger partial charge on any atom is 0.336 e. The van der Waals surface area contributed by atoms with E-state index >= 15 is 0 Å². The highest BCUT2D eigenvalue weighted by Crippen LogP contribution is 2.42. The number of carbonyl (C=O) groups is 2. The Morgan fingerprint density at radius 1 is 0.900 bits per heavy atom. The molecule has 1 aliphatic carbocycles. The first kappa shape index (κ1) is 28.5. The molecule has 0 radical (unpaired) electrons. The summed E-state index contributed by atoms with van der Waals surface area (Å²) in [7, 11) is 0. The van der Waals surface area contributed by atoms with Gasteiger partial charge in [-0.3, -0.25) is 9.59 Å². The van der Waals surface area contributed by atoms with Gasteiger partial charge in [0.1, 0.15) is 17.1 Å². The van der Waals surface area contributed by atoms with Crippen LogP contribution in [0.25, 0.3) is 33.4 Å². The van der Waals surface area contributed by atoms with E-state index in [1.165, 1.54) is 30.3 Å². The molecule has 2 aromatic carbocycles. The van der Waals surface area contributed by atoms with Crippen molar-refractivity contribution in [1.29, 1.82) is 0 Å². The molecule has 4 rings (SSSR count). The molecule has 0 bridgehead atoms. The number of thiocarbonyl (C=S) groups is 1. The molecule has 0 aromatic heterocycles. The third-order valence-electron chi connectivity index (χ3n) is 5.82. The maximum atomic E-state index is 12.3. The molecule has 0 amide bonds. The number of fused-ring (bicyclic) bond motifs is 2. The van der Waals surface area contributed by atoms with Crippen LogP contribution < -0.4 is 16.1 Å². The van der Waals surface area contributed by atoms with Gasteiger partial charge in [0, 0.05) is 40.9 Å². The predicted octanol–water partition coefficient (Wildman–Crippen LogP) is 3.76. The van der Waals surface area contributed by atoms with E-state index in [1.54, 1.807) is 24.3 Å². The highest BCUT2D eigenvalue weighted by atomic mass is 32.1. The Balaban J connectivity index is 1.48. The summed E-state index contributed by atoms with van der Waals surface area (Å²) >= 11 is 5.31. The van der Waals surface area contributed by atoms with E-state index in [1.807, 2.05) is 0 Å². The number of phenols is 1. The fourth-order valence-electron chi connectivity index (χ4n) is 4.06. The summed E-state index contributed by atoms with van der Waals surface area (Å²) in [6.07, 6.45) is -0.0623. The van der Waals surface area contributed by atoms with E-state index in [9.17, 15) is 24.6 Å². The number of nitrogens with one attached hydrogen (secondary N) is 2. The van der Waals surface area contributed by atoms with Gasteiger partial charge in [0.25, 0.3) is 0 Å². The fraction of sp³-hybridized carbons (Fsp3) is 0.214. The zero-order valence-electron chi connectivity index (χ0n) is 21.1. The third kappa shape index (κ3) is 7.11. The Kier molecular flexibility index (Phi) is 9.27. The van der Waals surface area contributed by atoms with Gasteiger partial charge in [0.15, 0.2) is 10.5 Å². The SMILES string of the molecule is O=C(O)CCOCCOCCNC(=S)Nc1ccc(-c2c3ccc(=O)cc-3oc3cc(O)ccc23)c(C(=O)O)c1. The molecule has 0 atom stereocenters. The van der Waals surface area contributed by atoms with Crippen molar-refractivity contribution in [1.82, 2.24) is 5.32 Å². The van der Waals surface area contributed by atoms with Crippen molar-refractivity contribution >= 4 is 45.9 Å². The molecular formula is C28H26N2O9S. The lowest BCUT2D eigenvalue weighted by Gasteiger charge is -2.18. The summed E-state index contributed by atoms with van der Waals surface area (Å²) in [5.41, 5.74) is 1.95. The van der Waals surface area contributed by atoms with Crippen molar-refractivity contribution in [2.24, 2.45) is 0 Å². The van der Waals surface area contributed by atoms with Crippen LogP contribution in [0.2, 0.25) is 0 Å². The topological polar surface area (TPSA) is 168 Å². The first-order valence-corrected chi connectivity index (χ1v) is 12.6. The second-order valence-corrected chi connectivity index (χ2v) is 9.04. The smallest absolute Gasteiger partial charge is 0.336 e. The lowest BCUT2D eigenvalue weighted by molar-refractivity contribution is -0.138. The molecule has 0 spiro atoms. The molecule has 0 unspecified atom stereocenters. The summed E-state index contributed by atoms with van der Waals surface area (Å²) in [6, 6.07) is 13.6. The standard InChI is InChI=1S/C28H26N2O9S/c31-17-2-5-20-23(14-17)39-24-15-18(32)3-6-21(24)26(20)19-4-1-16(13-22(19)27(35)36)30-28(40)29-8-10-38-12-11-37-9-7-25(33)34/h1-6,13-15,31H,7-12H2,(H,33,34)(H,35,36)(H2,29,30,40). The quantitative estimate of drug-likeness (QED) is 0.0958. The number of rotatable bonds is 12. The van der Waals surface area contributed by atoms with Crippen molar-refractivity contribution in [2.45, 2.75) is 6.42 Å². The molecule has 1 aliphatic heterocycles. The number of hydrogen-bond donors (Lipinski definition) is 5. The van der Waals surface area contributed by atoms with Crippen LogP contribution in [0.5, 0.6) is 5.75 Å². The van der Waals surface area contributed by atoms with E-state index in [4.69, 9.17) is 31.2 Å². The summed E-state index contributed by atoms with van der Waals surface area (Å²) in [5, 5.41) is 35.4. The number of hydrogen-bond acceptors (Lipinski definition) is 8. The van der Waals surface area contributed by atoms with Crippen molar-refractivity contribution in [2.75, 3.05) is 38.3 Å². The summed E-state index contributed by atoms with van der Waals surface area (Å²) in [5.74, 6) is -1.86. The average molecular weight is 567 g/mol. The molecule has 0 saturated heterocycles. The molecule has 5 N–H and O–H groups in total. The molecular weight excluding hydrogens is 540 g/mol. The number of ether oxygens (including phenoxy) is 2. The number of aliphatic carboxylic acids is 1. The molecule has 12 heteroatoms. The number of aromatic hydroxyl groups is 1. The lowest BCUT2D eigenvalue weighted by atomic mass is 9.90. The van der Waals surface area contributed by atoms with Crippen LogP contribution in [0, 0.1) is 0 Å². The molecule has 0 saturated carbocycles.